The minimum Gasteiger partial charge on any atom is -0.454 e. The lowest BCUT2D eigenvalue weighted by Gasteiger charge is -2.01. The first-order valence-corrected chi connectivity index (χ1v) is 4.00. The monoisotopic (exact) mass is 193 g/mol. The highest BCUT2D eigenvalue weighted by Gasteiger charge is 2.19. The van der Waals surface area contributed by atoms with Crippen molar-refractivity contribution in [2.75, 3.05) is 6.79 Å². The normalized spacial score (nSPS) is 12.6. The first-order valence-electron chi connectivity index (χ1n) is 4.00. The summed E-state index contributed by atoms with van der Waals surface area (Å²) in [5.74, 6) is 0.699. The van der Waals surface area contributed by atoms with E-state index in [9.17, 15) is 9.70 Å². The van der Waals surface area contributed by atoms with E-state index in [1.807, 2.05) is 0 Å². The molecule has 0 atom stereocenters. The second-order valence-corrected chi connectivity index (χ2v) is 2.87. The molecule has 1 aliphatic heterocycles. The van der Waals surface area contributed by atoms with E-state index in [0.717, 1.165) is 0 Å². The largest absolute Gasteiger partial charge is 0.454 e. The molecular weight excluding hydrogens is 186 g/mol. The van der Waals surface area contributed by atoms with E-state index in [-0.39, 0.29) is 23.8 Å². The summed E-state index contributed by atoms with van der Waals surface area (Å²) in [5.41, 5.74) is 0.339. The second kappa shape index (κ2) is 3.10. The van der Waals surface area contributed by atoms with E-state index in [0.29, 0.717) is 11.5 Å². The minimum atomic E-state index is -0.224. The van der Waals surface area contributed by atoms with Gasteiger partial charge in [-0.2, -0.15) is 0 Å². The van der Waals surface area contributed by atoms with Crippen LogP contribution >= 0.6 is 0 Å². The van der Waals surface area contributed by atoms with Crippen molar-refractivity contribution in [1.82, 2.24) is 0 Å². The molecule has 0 spiro atoms. The first kappa shape index (κ1) is 8.68. The van der Waals surface area contributed by atoms with Crippen molar-refractivity contribution in [2.24, 2.45) is 5.18 Å². The van der Waals surface area contributed by atoms with E-state index < -0.39 is 0 Å². The number of nitrogens with zero attached hydrogens (tertiary/aromatic N) is 1. The molecule has 0 saturated heterocycles. The number of Topliss-reactive ketones (excluding diaryl/α,β-unsaturated/α-hetero) is 1. The molecule has 1 aromatic rings. The van der Waals surface area contributed by atoms with Gasteiger partial charge in [-0.15, -0.1) is 4.91 Å². The van der Waals surface area contributed by atoms with E-state index in [4.69, 9.17) is 9.47 Å². The van der Waals surface area contributed by atoms with Crippen LogP contribution in [0.15, 0.2) is 17.3 Å². The number of ether oxygens (including phenoxy) is 2. The van der Waals surface area contributed by atoms with Crippen LogP contribution in [-0.2, 0) is 0 Å². The molecule has 0 N–H and O–H groups in total. The van der Waals surface area contributed by atoms with Crippen molar-refractivity contribution in [1.29, 1.82) is 0 Å². The van der Waals surface area contributed by atoms with Gasteiger partial charge in [-0.05, 0) is 18.2 Å². The number of hydrogen-bond donors (Lipinski definition) is 0. The van der Waals surface area contributed by atoms with Gasteiger partial charge in [0.05, 0.1) is 5.56 Å². The van der Waals surface area contributed by atoms with Crippen molar-refractivity contribution >= 4 is 11.5 Å². The van der Waals surface area contributed by atoms with E-state index >= 15 is 0 Å². The summed E-state index contributed by atoms with van der Waals surface area (Å²) in [7, 11) is 0. The van der Waals surface area contributed by atoms with Gasteiger partial charge in [0, 0.05) is 6.07 Å². The minimum absolute atomic E-state index is 0.0850. The zero-order valence-corrected chi connectivity index (χ0v) is 7.44. The molecule has 72 valence electrons. The molecule has 0 fully saturated rings. The lowest BCUT2D eigenvalue weighted by Crippen LogP contribution is -1.93. The Balaban J connectivity index is 2.59. The Morgan fingerprint density at radius 2 is 2.00 bits per heavy atom. The van der Waals surface area contributed by atoms with Gasteiger partial charge in [0.1, 0.15) is 5.69 Å². The maximum absolute atomic E-state index is 11.1. The molecule has 0 aromatic heterocycles. The quantitative estimate of drug-likeness (QED) is 0.532. The van der Waals surface area contributed by atoms with Crippen molar-refractivity contribution in [3.8, 4) is 11.5 Å². The lowest BCUT2D eigenvalue weighted by molar-refractivity contribution is 0.101. The van der Waals surface area contributed by atoms with Gasteiger partial charge in [0.2, 0.25) is 6.79 Å². The fourth-order valence-electron chi connectivity index (χ4n) is 1.29. The summed E-state index contributed by atoms with van der Waals surface area (Å²) in [6, 6.07) is 2.88. The van der Waals surface area contributed by atoms with Crippen molar-refractivity contribution in [2.45, 2.75) is 6.92 Å². The zero-order chi connectivity index (χ0) is 10.1. The summed E-state index contributed by atoms with van der Waals surface area (Å²) in [5, 5.41) is 2.76. The van der Waals surface area contributed by atoms with Crippen LogP contribution in [0.4, 0.5) is 5.69 Å². The molecule has 5 heteroatoms. The molecule has 0 aliphatic carbocycles. The molecule has 2 rings (SSSR count). The van der Waals surface area contributed by atoms with Crippen LogP contribution in [0.2, 0.25) is 0 Å². The molecule has 1 aromatic carbocycles. The lowest BCUT2D eigenvalue weighted by atomic mass is 10.1. The number of carbonyl (C=O) groups is 1. The highest BCUT2D eigenvalue weighted by molar-refractivity contribution is 5.99. The van der Waals surface area contributed by atoms with Gasteiger partial charge >= 0.3 is 0 Å². The van der Waals surface area contributed by atoms with Crippen LogP contribution in [0.25, 0.3) is 0 Å². The SMILES string of the molecule is CC(=O)c1cc2c(cc1N=O)OCO2. The van der Waals surface area contributed by atoms with Gasteiger partial charge in [-0.25, -0.2) is 0 Å². The molecule has 0 unspecified atom stereocenters. The number of carbonyl (C=O) groups excluding carboxylic acids is 1. The van der Waals surface area contributed by atoms with Gasteiger partial charge < -0.3 is 9.47 Å². The number of ketones is 1. The third-order valence-corrected chi connectivity index (χ3v) is 1.97. The molecule has 0 radical (unpaired) electrons. The summed E-state index contributed by atoms with van der Waals surface area (Å²) in [4.78, 5) is 21.6. The first-order chi connectivity index (χ1) is 6.72. The van der Waals surface area contributed by atoms with Gasteiger partial charge in [-0.3, -0.25) is 4.79 Å². The van der Waals surface area contributed by atoms with Gasteiger partial charge in [0.25, 0.3) is 0 Å². The Bertz CT molecular complexity index is 414. The third kappa shape index (κ3) is 1.22. The molecule has 0 amide bonds. The number of benzene rings is 1. The summed E-state index contributed by atoms with van der Waals surface area (Å²) in [6.45, 7) is 1.47. The van der Waals surface area contributed by atoms with Crippen LogP contribution in [0.3, 0.4) is 0 Å². The Labute approximate surface area is 79.6 Å². The topological polar surface area (TPSA) is 65.0 Å². The molecule has 0 bridgehead atoms. The number of nitroso groups, excluding NO2 is 1. The second-order valence-electron chi connectivity index (χ2n) is 2.87. The standard InChI is InChI=1S/C9H7NO4/c1-5(11)6-2-8-9(14-4-13-8)3-7(6)10-12/h2-3H,4H2,1H3. The number of fused-ring (bicyclic) bond motifs is 1. The van der Waals surface area contributed by atoms with Crippen LogP contribution in [-0.4, -0.2) is 12.6 Å². The maximum Gasteiger partial charge on any atom is 0.231 e. The summed E-state index contributed by atoms with van der Waals surface area (Å²) in [6.07, 6.45) is 0. The number of hydrogen-bond acceptors (Lipinski definition) is 5. The van der Waals surface area contributed by atoms with E-state index in [2.05, 4.69) is 5.18 Å². The van der Waals surface area contributed by atoms with E-state index in [1.165, 1.54) is 19.1 Å². The molecule has 14 heavy (non-hydrogen) atoms. The van der Waals surface area contributed by atoms with Crippen LogP contribution in [0, 0.1) is 4.91 Å². The highest BCUT2D eigenvalue weighted by atomic mass is 16.7. The van der Waals surface area contributed by atoms with Crippen molar-refractivity contribution in [3.63, 3.8) is 0 Å². The van der Waals surface area contributed by atoms with Crippen LogP contribution in [0.5, 0.6) is 11.5 Å². The Morgan fingerprint density at radius 3 is 2.57 bits per heavy atom. The Morgan fingerprint density at radius 1 is 1.36 bits per heavy atom. The van der Waals surface area contributed by atoms with E-state index in [1.54, 1.807) is 0 Å². The van der Waals surface area contributed by atoms with Gasteiger partial charge in [0.15, 0.2) is 17.3 Å². The summed E-state index contributed by atoms with van der Waals surface area (Å²) >= 11 is 0. The average Bonchev–Trinajstić information content (AvgIpc) is 2.62. The zero-order valence-electron chi connectivity index (χ0n) is 7.44. The third-order valence-electron chi connectivity index (χ3n) is 1.97. The van der Waals surface area contributed by atoms with Crippen LogP contribution < -0.4 is 9.47 Å². The molecule has 1 heterocycles. The average molecular weight is 193 g/mol. The summed E-state index contributed by atoms with van der Waals surface area (Å²) < 4.78 is 10.1. The van der Waals surface area contributed by atoms with Crippen molar-refractivity contribution in [3.05, 3.63) is 22.6 Å². The Kier molecular flexibility index (Phi) is 1.92. The highest BCUT2D eigenvalue weighted by Crippen LogP contribution is 2.38. The van der Waals surface area contributed by atoms with Gasteiger partial charge in [-0.1, -0.05) is 0 Å². The molecule has 5 nitrogen and oxygen atoms in total. The fraction of sp³-hybridized carbons (Fsp3) is 0.222. The predicted molar refractivity (Wildman–Crippen MR) is 48.0 cm³/mol. The van der Waals surface area contributed by atoms with Crippen LogP contribution in [0.1, 0.15) is 17.3 Å². The predicted octanol–water partition coefficient (Wildman–Crippen LogP) is 2.02. The Hall–Kier alpha value is -1.91. The smallest absolute Gasteiger partial charge is 0.231 e. The molecular formula is C9H7NO4. The molecule has 0 saturated carbocycles. The van der Waals surface area contributed by atoms with Crippen molar-refractivity contribution < 1.29 is 14.3 Å². The fourth-order valence-corrected chi connectivity index (χ4v) is 1.29. The maximum atomic E-state index is 11.1. The number of rotatable bonds is 2. The molecule has 1 aliphatic rings.